The zero-order chi connectivity index (χ0) is 72.0. The van der Waals surface area contributed by atoms with Crippen LogP contribution in [0.1, 0.15) is 79.8 Å². The molecule has 456 valence electrons. The van der Waals surface area contributed by atoms with Crippen molar-refractivity contribution < 1.29 is 48.3 Å². The highest BCUT2D eigenvalue weighted by molar-refractivity contribution is 6.15. The van der Waals surface area contributed by atoms with Crippen LogP contribution >= 0.6 is 0 Å². The summed E-state index contributed by atoms with van der Waals surface area (Å²) in [5, 5.41) is 6.82. The lowest BCUT2D eigenvalue weighted by Gasteiger charge is -2.08. The number of nitrogens with zero attached hydrogens (tertiary/aromatic N) is 8. The molecule has 0 spiro atoms. The molecule has 0 atom stereocenters. The zero-order valence-corrected chi connectivity index (χ0v) is 53.9. The number of fused-ring (bicyclic) bond motifs is 12. The van der Waals surface area contributed by atoms with Gasteiger partial charge in [-0.2, -0.15) is 0 Å². The van der Waals surface area contributed by atoms with E-state index >= 15 is 0 Å². The molecule has 4 aromatic carbocycles. The van der Waals surface area contributed by atoms with Gasteiger partial charge in [0.05, 0.1) is 45.2 Å². The summed E-state index contributed by atoms with van der Waals surface area (Å²) in [6.07, 6.45) is 9.29. The van der Waals surface area contributed by atoms with E-state index in [1.54, 1.807) is 30.7 Å². The molecule has 0 saturated carbocycles. The molecule has 16 rings (SSSR count). The van der Waals surface area contributed by atoms with Crippen molar-refractivity contribution in [2.24, 2.45) is 28.2 Å². The lowest BCUT2D eigenvalue weighted by Crippen LogP contribution is -2.31. The fraction of sp³-hybridized carbons (Fsp3) is 0.200. The van der Waals surface area contributed by atoms with Gasteiger partial charge in [-0.1, -0.05) is 36.4 Å². The van der Waals surface area contributed by atoms with Gasteiger partial charge < -0.3 is 17.7 Å². The lowest BCUT2D eigenvalue weighted by molar-refractivity contribution is -0.660. The summed E-state index contributed by atoms with van der Waals surface area (Å²) in [5.41, 5.74) is 24.8. The van der Waals surface area contributed by atoms with Crippen molar-refractivity contribution in [1.82, 2.24) is 19.9 Å². The van der Waals surface area contributed by atoms with Crippen LogP contribution in [0.15, 0.2) is 188 Å². The number of pyridine rings is 8. The van der Waals surface area contributed by atoms with Crippen LogP contribution in [0.25, 0.3) is 133 Å². The molecule has 12 heterocycles. The average molecular weight is 1220 g/mol. The Bertz CT molecular complexity index is 5990. The molecule has 0 saturated heterocycles. The van der Waals surface area contributed by atoms with Gasteiger partial charge in [0, 0.05) is 108 Å². The molecule has 92 heavy (non-hydrogen) atoms. The monoisotopic (exact) mass is 1220 g/mol. The zero-order valence-electron chi connectivity index (χ0n) is 62.9. The minimum absolute atomic E-state index is 0.0136. The van der Waals surface area contributed by atoms with Crippen molar-refractivity contribution in [2.75, 3.05) is 0 Å². The third-order valence-corrected chi connectivity index (χ3v) is 17.1. The van der Waals surface area contributed by atoms with Crippen LogP contribution in [-0.2, 0) is 28.2 Å². The van der Waals surface area contributed by atoms with Crippen molar-refractivity contribution in [1.29, 1.82) is 0 Å². The van der Waals surface area contributed by atoms with Gasteiger partial charge in [-0.3, -0.25) is 9.97 Å². The van der Waals surface area contributed by atoms with Crippen molar-refractivity contribution >= 4 is 88.0 Å². The summed E-state index contributed by atoms with van der Waals surface area (Å²) in [7, 11) is 7.81. The van der Waals surface area contributed by atoms with Gasteiger partial charge in [0.2, 0.25) is 28.5 Å². The molecule has 12 heteroatoms. The molecule has 0 aliphatic carbocycles. The molecule has 16 aromatic rings. The first-order valence-electron chi connectivity index (χ1n) is 35.0. The van der Waals surface area contributed by atoms with Crippen LogP contribution in [0.5, 0.6) is 0 Å². The maximum absolute atomic E-state index is 7.88. The van der Waals surface area contributed by atoms with Crippen molar-refractivity contribution in [3.05, 3.63) is 238 Å². The van der Waals surface area contributed by atoms with Crippen LogP contribution < -0.4 is 18.3 Å². The topological polar surface area (TPSA) is 120 Å². The van der Waals surface area contributed by atoms with Gasteiger partial charge in [0.1, 0.15) is 56.0 Å². The molecular formula is C80H76N8O4+4. The van der Waals surface area contributed by atoms with Crippen LogP contribution in [0, 0.1) is 82.9 Å². The van der Waals surface area contributed by atoms with E-state index in [-0.39, 0.29) is 5.69 Å². The Morgan fingerprint density at radius 2 is 0.837 bits per heavy atom. The standard InChI is InChI=1S/4C20H19N2O/c1-12-5-9-16(22(4)11-12)18-13(2)6-10-17-19(18)15-8-7-14(3)21-20(15)23-17;1-12-5-8-15(22(4)11-12)18-13(2)6-9-16-19(18)20-17(23-16)10-7-14(3)21-20;1-12-5-7-16(22(4)11-12)19-13(2)6-8-17-20(19)15-9-14(3)21-10-18(15)23-17;1-12-9-10-16(22(4)11-12)18-13(2)21-14(3)20-19(18)15-7-5-6-8-17(15)23-20/h4*5-11H,1-4H3/q4*+1/i1D3;;1D3;3D3. The molecule has 0 aliphatic heterocycles. The fourth-order valence-electron chi connectivity index (χ4n) is 12.8. The van der Waals surface area contributed by atoms with E-state index in [0.717, 1.165) is 139 Å². The van der Waals surface area contributed by atoms with Crippen molar-refractivity contribution in [3.63, 3.8) is 0 Å². The Morgan fingerprint density at radius 1 is 0.348 bits per heavy atom. The van der Waals surface area contributed by atoms with Gasteiger partial charge >= 0.3 is 0 Å². The number of para-hydroxylation sites is 1. The van der Waals surface area contributed by atoms with E-state index in [1.807, 2.05) is 192 Å². The van der Waals surface area contributed by atoms with Crippen LogP contribution in [0.3, 0.4) is 0 Å². The highest BCUT2D eigenvalue weighted by atomic mass is 16.3. The Labute approximate surface area is 548 Å². The van der Waals surface area contributed by atoms with E-state index in [9.17, 15) is 0 Å². The Hall–Kier alpha value is -10.7. The number of hydrogen-bond acceptors (Lipinski definition) is 8. The van der Waals surface area contributed by atoms with Crippen molar-refractivity contribution in [3.8, 4) is 45.0 Å². The van der Waals surface area contributed by atoms with E-state index in [1.165, 1.54) is 22.4 Å². The van der Waals surface area contributed by atoms with Crippen molar-refractivity contribution in [2.45, 2.75) is 82.9 Å². The molecule has 0 radical (unpaired) electrons. The first kappa shape index (κ1) is 50.1. The Kier molecular flexibility index (Phi) is 13.0. The van der Waals surface area contributed by atoms with Gasteiger partial charge in [-0.05, 0) is 178 Å². The summed E-state index contributed by atoms with van der Waals surface area (Å²) in [5.74, 6) is 0. The number of hydrogen-bond donors (Lipinski definition) is 0. The quantitative estimate of drug-likeness (QED) is 0.160. The smallest absolute Gasteiger partial charge is 0.227 e. The minimum Gasteiger partial charge on any atom is -0.454 e. The Balaban J connectivity index is 0.000000121. The average Bonchev–Trinajstić information content (AvgIpc) is 1.65. The van der Waals surface area contributed by atoms with Gasteiger partial charge in [0.25, 0.3) is 0 Å². The SMILES string of the molecule is Cc1ccc(-c2c(C)ccc3oc4ccc(C)nc4c23)[n+](C)c1.[2H]C([2H])([2H])c1ccc(-c2c(C)ccc3oc4cnc(C)cc4c23)[n+](C)c1.[2H]C([2H])([2H])c1ccc(-c2c(C)ccc3oc4nc(C)ccc4c23)[n+](C)c1.[2H]C([2H])([2H])c1nc(C)c(-c2ccc(C)c[n+]2C)c2c1oc1ccccc12. The largest absolute Gasteiger partial charge is 0.454 e. The number of furan rings is 4. The number of aryl methyl sites for hydroxylation is 16. The summed E-state index contributed by atoms with van der Waals surface area (Å²) < 4.78 is 101. The van der Waals surface area contributed by atoms with E-state index < -0.39 is 20.6 Å². The van der Waals surface area contributed by atoms with Gasteiger partial charge in [-0.25, -0.2) is 28.2 Å². The second kappa shape index (κ2) is 23.9. The number of rotatable bonds is 4. The van der Waals surface area contributed by atoms with Crippen LogP contribution in [-0.4, -0.2) is 19.9 Å². The third-order valence-electron chi connectivity index (χ3n) is 17.1. The predicted molar refractivity (Wildman–Crippen MR) is 369 cm³/mol. The van der Waals surface area contributed by atoms with E-state index in [2.05, 4.69) is 71.7 Å². The number of benzene rings is 4. The summed E-state index contributed by atoms with van der Waals surface area (Å²) in [6, 6.07) is 45.3. The maximum Gasteiger partial charge on any atom is 0.227 e. The fourth-order valence-corrected chi connectivity index (χ4v) is 12.8. The predicted octanol–water partition coefficient (Wildman–Crippen LogP) is 17.6. The van der Waals surface area contributed by atoms with Gasteiger partial charge in [-0.15, -0.1) is 0 Å². The summed E-state index contributed by atoms with van der Waals surface area (Å²) in [6.45, 7) is 11.6. The third kappa shape index (κ3) is 11.0. The molecule has 12 aromatic heterocycles. The van der Waals surface area contributed by atoms with Crippen LogP contribution in [0.2, 0.25) is 0 Å². The second-order valence-corrected chi connectivity index (χ2v) is 24.1. The second-order valence-electron chi connectivity index (χ2n) is 24.1. The molecule has 0 amide bonds. The Morgan fingerprint density at radius 3 is 1.42 bits per heavy atom. The lowest BCUT2D eigenvalue weighted by atomic mass is 9.98. The van der Waals surface area contributed by atoms with Crippen LogP contribution in [0.4, 0.5) is 0 Å². The molecule has 12 nitrogen and oxygen atoms in total. The maximum atomic E-state index is 7.88. The molecule has 0 unspecified atom stereocenters. The minimum atomic E-state index is -2.34. The highest BCUT2D eigenvalue weighted by Gasteiger charge is 2.26. The molecule has 0 aliphatic rings. The summed E-state index contributed by atoms with van der Waals surface area (Å²) >= 11 is 0. The van der Waals surface area contributed by atoms with Gasteiger partial charge in [0.15, 0.2) is 41.5 Å². The molecular weight excluding hydrogens is 1140 g/mol. The molecule has 0 fully saturated rings. The molecule has 0 N–H and O–H groups in total. The van der Waals surface area contributed by atoms with E-state index in [4.69, 9.17) is 35.0 Å². The molecule has 0 bridgehead atoms. The summed E-state index contributed by atoms with van der Waals surface area (Å²) in [4.78, 5) is 18.0. The van der Waals surface area contributed by atoms with E-state index in [0.29, 0.717) is 33.7 Å². The normalized spacial score (nSPS) is 13.3. The first-order valence-corrected chi connectivity index (χ1v) is 30.5. The number of aromatic nitrogens is 8. The first-order chi connectivity index (χ1) is 47.8. The highest BCUT2D eigenvalue weighted by Crippen LogP contribution is 2.42.